The molecule has 0 atom stereocenters. The summed E-state index contributed by atoms with van der Waals surface area (Å²) in [5.74, 6) is -0.614. The molecule has 0 spiro atoms. The number of amides is 2. The number of hydrogen-bond acceptors (Lipinski definition) is 5. The van der Waals surface area contributed by atoms with Crippen molar-refractivity contribution in [1.29, 1.82) is 0 Å². The number of ether oxygens (including phenoxy) is 1. The predicted molar refractivity (Wildman–Crippen MR) is 71.1 cm³/mol. The molecule has 0 aromatic heterocycles. The number of anilines is 2. The Morgan fingerprint density at radius 1 is 1.33 bits per heavy atom. The monoisotopic (exact) mass is 316 g/mol. The predicted octanol–water partition coefficient (Wildman–Crippen LogP) is 0.637. The summed E-state index contributed by atoms with van der Waals surface area (Å²) >= 11 is 3.28. The van der Waals surface area contributed by atoms with Crippen LogP contribution in [-0.4, -0.2) is 25.2 Å². The molecule has 0 fully saturated rings. The second-order valence-corrected chi connectivity index (χ2v) is 4.23. The SMILES string of the molecule is NC(=O)OCCNc1cc(C(N)=O)c(N)cc1Br. The zero-order valence-electron chi connectivity index (χ0n) is 9.40. The van der Waals surface area contributed by atoms with Crippen molar-refractivity contribution in [3.05, 3.63) is 22.2 Å². The van der Waals surface area contributed by atoms with E-state index in [1.807, 2.05) is 0 Å². The first-order chi connectivity index (χ1) is 8.41. The summed E-state index contributed by atoms with van der Waals surface area (Å²) in [6.07, 6.45) is -0.842. The van der Waals surface area contributed by atoms with E-state index in [1.54, 1.807) is 6.07 Å². The van der Waals surface area contributed by atoms with E-state index in [9.17, 15) is 9.59 Å². The van der Waals surface area contributed by atoms with Gasteiger partial charge in [-0.3, -0.25) is 4.79 Å². The van der Waals surface area contributed by atoms with Gasteiger partial charge >= 0.3 is 6.09 Å². The largest absolute Gasteiger partial charge is 0.448 e. The lowest BCUT2D eigenvalue weighted by molar-refractivity contribution is 0.100. The molecule has 2 amide bonds. The van der Waals surface area contributed by atoms with Gasteiger partial charge in [0, 0.05) is 22.4 Å². The van der Waals surface area contributed by atoms with Crippen molar-refractivity contribution in [3.63, 3.8) is 0 Å². The molecule has 1 rings (SSSR count). The Morgan fingerprint density at radius 2 is 2.00 bits per heavy atom. The molecule has 0 heterocycles. The summed E-state index contributed by atoms with van der Waals surface area (Å²) in [7, 11) is 0. The van der Waals surface area contributed by atoms with Crippen LogP contribution < -0.4 is 22.5 Å². The highest BCUT2D eigenvalue weighted by molar-refractivity contribution is 9.10. The van der Waals surface area contributed by atoms with Gasteiger partial charge in [0.25, 0.3) is 5.91 Å². The summed E-state index contributed by atoms with van der Waals surface area (Å²) in [6.45, 7) is 0.446. The highest BCUT2D eigenvalue weighted by atomic mass is 79.9. The lowest BCUT2D eigenvalue weighted by Crippen LogP contribution is -2.19. The maximum Gasteiger partial charge on any atom is 0.404 e. The molecule has 18 heavy (non-hydrogen) atoms. The molecular weight excluding hydrogens is 304 g/mol. The number of carbonyl (C=O) groups excluding carboxylic acids is 2. The fraction of sp³-hybridized carbons (Fsp3) is 0.200. The Labute approximate surface area is 112 Å². The van der Waals surface area contributed by atoms with Crippen LogP contribution in [0.3, 0.4) is 0 Å². The van der Waals surface area contributed by atoms with Crippen LogP contribution in [0.1, 0.15) is 10.4 Å². The van der Waals surface area contributed by atoms with E-state index in [2.05, 4.69) is 26.0 Å². The van der Waals surface area contributed by atoms with E-state index >= 15 is 0 Å². The Kier molecular flexibility index (Phi) is 4.78. The van der Waals surface area contributed by atoms with Gasteiger partial charge in [-0.25, -0.2) is 4.79 Å². The Bertz CT molecular complexity index is 478. The van der Waals surface area contributed by atoms with Crippen molar-refractivity contribution < 1.29 is 14.3 Å². The average molecular weight is 317 g/mol. The van der Waals surface area contributed by atoms with Crippen molar-refractivity contribution in [2.24, 2.45) is 11.5 Å². The molecule has 0 aliphatic rings. The number of benzene rings is 1. The third kappa shape index (κ3) is 3.81. The Hall–Kier alpha value is -1.96. The molecule has 0 aliphatic carbocycles. The highest BCUT2D eigenvalue weighted by Gasteiger charge is 2.10. The topological polar surface area (TPSA) is 133 Å². The van der Waals surface area contributed by atoms with Gasteiger partial charge in [0.2, 0.25) is 0 Å². The fourth-order valence-electron chi connectivity index (χ4n) is 1.27. The van der Waals surface area contributed by atoms with Crippen LogP contribution in [0.5, 0.6) is 0 Å². The molecule has 1 aromatic rings. The molecule has 0 saturated carbocycles. The molecule has 0 bridgehead atoms. The minimum absolute atomic E-state index is 0.109. The number of nitrogen functional groups attached to an aromatic ring is 1. The molecule has 8 heteroatoms. The van der Waals surface area contributed by atoms with Crippen LogP contribution in [0.4, 0.5) is 16.2 Å². The molecule has 1 aromatic carbocycles. The van der Waals surface area contributed by atoms with Crippen molar-refractivity contribution in [2.45, 2.75) is 0 Å². The van der Waals surface area contributed by atoms with Crippen LogP contribution in [-0.2, 0) is 4.74 Å². The molecule has 0 unspecified atom stereocenters. The number of primary amides is 2. The molecule has 98 valence electrons. The summed E-state index contributed by atoms with van der Waals surface area (Å²) in [6, 6.07) is 3.09. The van der Waals surface area contributed by atoms with E-state index < -0.39 is 12.0 Å². The second-order valence-electron chi connectivity index (χ2n) is 3.38. The molecular formula is C10H13BrN4O3. The van der Waals surface area contributed by atoms with Gasteiger partial charge in [-0.2, -0.15) is 0 Å². The van der Waals surface area contributed by atoms with Crippen molar-refractivity contribution in [1.82, 2.24) is 0 Å². The minimum Gasteiger partial charge on any atom is -0.448 e. The van der Waals surface area contributed by atoms with Crippen LogP contribution in [0, 0.1) is 0 Å². The standard InChI is InChI=1S/C10H13BrN4O3/c11-6-4-7(12)5(9(13)16)3-8(6)15-1-2-18-10(14)17/h3-4,15H,1-2,12H2,(H2,13,16)(H2,14,17). The van der Waals surface area contributed by atoms with Gasteiger partial charge in [0.15, 0.2) is 0 Å². The van der Waals surface area contributed by atoms with Crippen LogP contribution in [0.25, 0.3) is 0 Å². The Balaban J connectivity index is 2.73. The van der Waals surface area contributed by atoms with Gasteiger partial charge in [0.05, 0.1) is 5.56 Å². The summed E-state index contributed by atoms with van der Waals surface area (Å²) in [5.41, 5.74) is 16.8. The number of nitrogens with one attached hydrogen (secondary N) is 1. The van der Waals surface area contributed by atoms with E-state index in [4.69, 9.17) is 17.2 Å². The van der Waals surface area contributed by atoms with Gasteiger partial charge in [0.1, 0.15) is 6.61 Å². The zero-order chi connectivity index (χ0) is 13.7. The van der Waals surface area contributed by atoms with Crippen molar-refractivity contribution in [3.8, 4) is 0 Å². The number of rotatable bonds is 5. The highest BCUT2D eigenvalue weighted by Crippen LogP contribution is 2.27. The zero-order valence-corrected chi connectivity index (χ0v) is 11.0. The van der Waals surface area contributed by atoms with E-state index in [0.29, 0.717) is 16.7 Å². The lowest BCUT2D eigenvalue weighted by Gasteiger charge is -2.11. The molecule has 0 aliphatic heterocycles. The summed E-state index contributed by atoms with van der Waals surface area (Å²) in [4.78, 5) is 21.5. The molecule has 7 nitrogen and oxygen atoms in total. The van der Waals surface area contributed by atoms with Crippen molar-refractivity contribution >= 4 is 39.3 Å². The number of nitrogens with two attached hydrogens (primary N) is 3. The van der Waals surface area contributed by atoms with Gasteiger partial charge < -0.3 is 27.3 Å². The van der Waals surface area contributed by atoms with Gasteiger partial charge in [-0.1, -0.05) is 0 Å². The fourth-order valence-corrected chi connectivity index (χ4v) is 1.78. The van der Waals surface area contributed by atoms with Crippen LogP contribution in [0.15, 0.2) is 16.6 Å². The van der Waals surface area contributed by atoms with Crippen molar-refractivity contribution in [2.75, 3.05) is 24.2 Å². The minimum atomic E-state index is -0.842. The lowest BCUT2D eigenvalue weighted by atomic mass is 10.1. The first-order valence-electron chi connectivity index (χ1n) is 4.96. The smallest absolute Gasteiger partial charge is 0.404 e. The van der Waals surface area contributed by atoms with Crippen LogP contribution >= 0.6 is 15.9 Å². The van der Waals surface area contributed by atoms with E-state index in [-0.39, 0.29) is 17.9 Å². The van der Waals surface area contributed by atoms with Gasteiger partial charge in [-0.05, 0) is 28.1 Å². The first-order valence-corrected chi connectivity index (χ1v) is 5.76. The average Bonchev–Trinajstić information content (AvgIpc) is 2.25. The first kappa shape index (κ1) is 14.1. The maximum absolute atomic E-state index is 11.1. The van der Waals surface area contributed by atoms with Crippen LogP contribution in [0.2, 0.25) is 0 Å². The quantitative estimate of drug-likeness (QED) is 0.467. The summed E-state index contributed by atoms with van der Waals surface area (Å²) < 4.78 is 5.22. The number of hydrogen-bond donors (Lipinski definition) is 4. The number of carbonyl (C=O) groups is 2. The van der Waals surface area contributed by atoms with E-state index in [0.717, 1.165) is 0 Å². The number of halogens is 1. The molecule has 0 radical (unpaired) electrons. The Morgan fingerprint density at radius 3 is 2.56 bits per heavy atom. The summed E-state index contributed by atoms with van der Waals surface area (Å²) in [5, 5.41) is 2.95. The van der Waals surface area contributed by atoms with Gasteiger partial charge in [-0.15, -0.1) is 0 Å². The third-order valence-electron chi connectivity index (χ3n) is 2.07. The molecule has 0 saturated heterocycles. The maximum atomic E-state index is 11.1. The normalized spacial score (nSPS) is 9.83. The van der Waals surface area contributed by atoms with E-state index in [1.165, 1.54) is 6.07 Å². The molecule has 7 N–H and O–H groups in total. The third-order valence-corrected chi connectivity index (χ3v) is 2.72. The second kappa shape index (κ2) is 6.10.